The van der Waals surface area contributed by atoms with Gasteiger partial charge in [-0.2, -0.15) is 22.6 Å². The van der Waals surface area contributed by atoms with Crippen LogP contribution in [0.25, 0.3) is 0 Å². The van der Waals surface area contributed by atoms with Crippen molar-refractivity contribution in [1.29, 1.82) is 0 Å². The number of carbonyl (C=O) groups is 2. The number of sulfonamides is 1. The summed E-state index contributed by atoms with van der Waals surface area (Å²) >= 11 is 0. The molecular formula is C19H22F3N5O5S. The van der Waals surface area contributed by atoms with Crippen molar-refractivity contribution in [2.24, 2.45) is 0 Å². The zero-order valence-electron chi connectivity index (χ0n) is 17.3. The molecule has 0 bridgehead atoms. The first kappa shape index (κ1) is 24.6. The van der Waals surface area contributed by atoms with Gasteiger partial charge in [-0.1, -0.05) is 0 Å². The van der Waals surface area contributed by atoms with Crippen molar-refractivity contribution in [2.75, 3.05) is 13.1 Å². The number of aliphatic carboxylic acids is 1. The highest BCUT2D eigenvalue weighted by molar-refractivity contribution is 7.90. The van der Waals surface area contributed by atoms with Crippen molar-refractivity contribution in [3.63, 3.8) is 0 Å². The van der Waals surface area contributed by atoms with Crippen LogP contribution in [0.15, 0.2) is 36.8 Å². The fraction of sp³-hybridized carbons (Fsp3) is 0.474. The molecule has 0 radical (unpaired) electrons. The van der Waals surface area contributed by atoms with E-state index in [0.717, 1.165) is 18.5 Å². The SMILES string of the molecule is O=C(NCCC1CN(S(=O)(=O)C2CC2)Cc2ccnn21)c1cccnc1.O=C(O)C(F)(F)F. The second kappa shape index (κ2) is 9.87. The van der Waals surface area contributed by atoms with Gasteiger partial charge < -0.3 is 10.4 Å². The van der Waals surface area contributed by atoms with Crippen molar-refractivity contribution in [2.45, 2.75) is 43.3 Å². The highest BCUT2D eigenvalue weighted by Gasteiger charge is 2.42. The topological polar surface area (TPSA) is 134 Å². The summed E-state index contributed by atoms with van der Waals surface area (Å²) < 4.78 is 60.4. The third kappa shape index (κ3) is 6.28. The molecule has 2 aromatic rings. The van der Waals surface area contributed by atoms with E-state index in [1.54, 1.807) is 28.8 Å². The number of amides is 1. The fourth-order valence-corrected chi connectivity index (χ4v) is 5.13. The van der Waals surface area contributed by atoms with E-state index in [9.17, 15) is 26.4 Å². The maximum absolute atomic E-state index is 12.6. The Hall–Kier alpha value is -3.00. The number of carboxylic acid groups (broad SMARTS) is 1. The largest absolute Gasteiger partial charge is 0.490 e. The molecule has 2 N–H and O–H groups in total. The Morgan fingerprint density at radius 1 is 1.21 bits per heavy atom. The zero-order valence-corrected chi connectivity index (χ0v) is 18.1. The maximum atomic E-state index is 12.6. The van der Waals surface area contributed by atoms with E-state index < -0.39 is 22.2 Å². The first-order valence-corrected chi connectivity index (χ1v) is 11.5. The number of carbonyl (C=O) groups excluding carboxylic acids is 1. The molecule has 1 atom stereocenters. The fourth-order valence-electron chi connectivity index (χ4n) is 3.29. The maximum Gasteiger partial charge on any atom is 0.490 e. The number of carboxylic acids is 1. The average molecular weight is 489 g/mol. The number of pyridine rings is 1. The van der Waals surface area contributed by atoms with Crippen LogP contribution in [0.2, 0.25) is 0 Å². The van der Waals surface area contributed by atoms with Gasteiger partial charge in [-0.05, 0) is 37.5 Å². The minimum Gasteiger partial charge on any atom is -0.475 e. The van der Waals surface area contributed by atoms with Gasteiger partial charge in [-0.3, -0.25) is 14.5 Å². The summed E-state index contributed by atoms with van der Waals surface area (Å²) in [7, 11) is -3.23. The number of aromatic nitrogens is 3. The standard InChI is InChI=1S/C17H21N5O3S.C2HF3O2/c23-17(13-2-1-7-18-10-13)19-8-5-14-11-21(26(24,25)16-3-4-16)12-15-6-9-20-22(14)15;3-2(4,5)1(6)7/h1-2,6-7,9-10,14,16H,3-5,8,11-12H2,(H,19,23);(H,6,7). The number of hydrogen-bond acceptors (Lipinski definition) is 6. The van der Waals surface area contributed by atoms with E-state index >= 15 is 0 Å². The molecule has 1 aliphatic carbocycles. The van der Waals surface area contributed by atoms with E-state index in [0.29, 0.717) is 31.6 Å². The van der Waals surface area contributed by atoms with E-state index in [1.165, 1.54) is 6.20 Å². The molecule has 0 spiro atoms. The van der Waals surface area contributed by atoms with Gasteiger partial charge in [0.05, 0.1) is 29.1 Å². The first-order valence-electron chi connectivity index (χ1n) is 10.00. The van der Waals surface area contributed by atoms with Crippen LogP contribution < -0.4 is 5.32 Å². The van der Waals surface area contributed by atoms with Crippen LogP contribution in [0, 0.1) is 0 Å². The molecule has 1 fully saturated rings. The molecule has 1 saturated carbocycles. The van der Waals surface area contributed by atoms with Crippen LogP contribution in [0.1, 0.15) is 41.4 Å². The number of rotatable bonds is 6. The zero-order chi connectivity index (χ0) is 24.2. The molecule has 2 aromatic heterocycles. The van der Waals surface area contributed by atoms with E-state index in [2.05, 4.69) is 15.4 Å². The molecular weight excluding hydrogens is 467 g/mol. The molecule has 33 heavy (non-hydrogen) atoms. The number of hydrogen-bond donors (Lipinski definition) is 2. The number of nitrogens with one attached hydrogen (secondary N) is 1. The Kier molecular flexibility index (Phi) is 7.37. The molecule has 0 aromatic carbocycles. The molecule has 180 valence electrons. The third-order valence-electron chi connectivity index (χ3n) is 5.09. The quantitative estimate of drug-likeness (QED) is 0.629. The minimum absolute atomic E-state index is 0.0866. The van der Waals surface area contributed by atoms with Crippen LogP contribution in [0.5, 0.6) is 0 Å². The lowest BCUT2D eigenvalue weighted by atomic mass is 10.1. The summed E-state index contributed by atoms with van der Waals surface area (Å²) in [6.45, 7) is 1.21. The summed E-state index contributed by atoms with van der Waals surface area (Å²) in [6, 6.07) is 5.19. The molecule has 14 heteroatoms. The number of nitrogens with zero attached hydrogens (tertiary/aromatic N) is 4. The Balaban J connectivity index is 0.000000383. The van der Waals surface area contributed by atoms with Crippen LogP contribution in [-0.4, -0.2) is 69.0 Å². The Morgan fingerprint density at radius 2 is 1.91 bits per heavy atom. The van der Waals surface area contributed by atoms with Crippen molar-refractivity contribution in [3.8, 4) is 0 Å². The molecule has 10 nitrogen and oxygen atoms in total. The van der Waals surface area contributed by atoms with Gasteiger partial charge in [0.1, 0.15) is 0 Å². The van der Waals surface area contributed by atoms with Crippen molar-refractivity contribution in [1.82, 2.24) is 24.4 Å². The molecule has 1 amide bonds. The van der Waals surface area contributed by atoms with E-state index in [1.807, 2.05) is 10.7 Å². The van der Waals surface area contributed by atoms with Gasteiger partial charge in [0.25, 0.3) is 5.91 Å². The molecule has 1 aliphatic heterocycles. The van der Waals surface area contributed by atoms with Crippen LogP contribution in [0.4, 0.5) is 13.2 Å². The summed E-state index contributed by atoms with van der Waals surface area (Å²) in [5.74, 6) is -2.94. The molecule has 1 unspecified atom stereocenters. The van der Waals surface area contributed by atoms with E-state index in [4.69, 9.17) is 9.90 Å². The highest BCUT2D eigenvalue weighted by atomic mass is 32.2. The van der Waals surface area contributed by atoms with Gasteiger partial charge in [0.15, 0.2) is 0 Å². The van der Waals surface area contributed by atoms with Gasteiger partial charge in [0.2, 0.25) is 10.0 Å². The molecule has 4 rings (SSSR count). The smallest absolute Gasteiger partial charge is 0.475 e. The molecule has 2 aliphatic rings. The second-order valence-corrected chi connectivity index (χ2v) is 9.76. The first-order chi connectivity index (χ1) is 15.5. The number of halogens is 3. The van der Waals surface area contributed by atoms with Crippen LogP contribution >= 0.6 is 0 Å². The predicted octanol–water partition coefficient (Wildman–Crippen LogP) is 1.58. The number of fused-ring (bicyclic) bond motifs is 1. The normalized spacial score (nSPS) is 18.6. The second-order valence-electron chi connectivity index (χ2n) is 7.55. The number of alkyl halides is 3. The van der Waals surface area contributed by atoms with Crippen LogP contribution in [0.3, 0.4) is 0 Å². The lowest BCUT2D eigenvalue weighted by Gasteiger charge is -2.33. The van der Waals surface area contributed by atoms with Crippen LogP contribution in [-0.2, 0) is 21.4 Å². The lowest BCUT2D eigenvalue weighted by Crippen LogP contribution is -2.43. The third-order valence-corrected chi connectivity index (χ3v) is 7.40. The van der Waals surface area contributed by atoms with Gasteiger partial charge in [-0.25, -0.2) is 13.2 Å². The minimum atomic E-state index is -5.08. The predicted molar refractivity (Wildman–Crippen MR) is 108 cm³/mol. The average Bonchev–Trinajstić information content (AvgIpc) is 3.52. The summed E-state index contributed by atoms with van der Waals surface area (Å²) in [6.07, 6.45) is 1.87. The van der Waals surface area contributed by atoms with E-state index in [-0.39, 0.29) is 17.2 Å². The summed E-state index contributed by atoms with van der Waals surface area (Å²) in [5, 5.41) is 14.1. The Bertz CT molecular complexity index is 1090. The van der Waals surface area contributed by atoms with Gasteiger partial charge >= 0.3 is 12.1 Å². The van der Waals surface area contributed by atoms with Gasteiger partial charge in [-0.15, -0.1) is 0 Å². The molecule has 3 heterocycles. The molecule has 0 saturated heterocycles. The monoisotopic (exact) mass is 489 g/mol. The van der Waals surface area contributed by atoms with Gasteiger partial charge in [0, 0.05) is 31.7 Å². The summed E-state index contributed by atoms with van der Waals surface area (Å²) in [4.78, 5) is 25.0. The Morgan fingerprint density at radius 3 is 2.48 bits per heavy atom. The van der Waals surface area contributed by atoms with Crippen molar-refractivity contribution in [3.05, 3.63) is 48.0 Å². The van der Waals surface area contributed by atoms with Crippen molar-refractivity contribution >= 4 is 21.9 Å². The summed E-state index contributed by atoms with van der Waals surface area (Å²) in [5.41, 5.74) is 1.40. The highest BCUT2D eigenvalue weighted by Crippen LogP contribution is 2.34. The lowest BCUT2D eigenvalue weighted by molar-refractivity contribution is -0.192. The Labute approximate surface area is 187 Å². The van der Waals surface area contributed by atoms with Crippen molar-refractivity contribution < 1.29 is 36.3 Å².